The largest absolute Gasteiger partial charge is 0.338 e. The fourth-order valence-electron chi connectivity index (χ4n) is 3.56. The summed E-state index contributed by atoms with van der Waals surface area (Å²) in [6.45, 7) is 8.41. The maximum Gasteiger partial charge on any atom is 0.267 e. The summed E-state index contributed by atoms with van der Waals surface area (Å²) in [5, 5.41) is 3.94. The van der Waals surface area contributed by atoms with E-state index in [1.807, 2.05) is 11.8 Å². The van der Waals surface area contributed by atoms with Gasteiger partial charge in [0.2, 0.25) is 0 Å². The Labute approximate surface area is 130 Å². The van der Waals surface area contributed by atoms with E-state index in [2.05, 4.69) is 21.4 Å². The van der Waals surface area contributed by atoms with Crippen molar-refractivity contribution in [2.45, 2.75) is 45.6 Å². The van der Waals surface area contributed by atoms with Gasteiger partial charge in [0, 0.05) is 25.7 Å². The Morgan fingerprint density at radius 3 is 2.62 bits per heavy atom. The van der Waals surface area contributed by atoms with E-state index in [0.717, 1.165) is 37.5 Å². The molecule has 0 spiro atoms. The maximum absolute atomic E-state index is 12.5. The van der Waals surface area contributed by atoms with Crippen molar-refractivity contribution >= 4 is 17.4 Å². The molecule has 2 fully saturated rings. The number of hydrogen-bond donors (Lipinski definition) is 0. The average Bonchev–Trinajstić information content (AvgIpc) is 2.93. The van der Waals surface area contributed by atoms with Crippen LogP contribution in [0.5, 0.6) is 0 Å². The molecule has 1 unspecified atom stereocenters. The topological polar surface area (TPSA) is 49.3 Å². The number of aryl methyl sites for hydroxylation is 1. The first-order chi connectivity index (χ1) is 10.1. The minimum Gasteiger partial charge on any atom is -0.338 e. The number of nitrogens with zero attached hydrogens (tertiary/aromatic N) is 4. The zero-order valence-corrected chi connectivity index (χ0v) is 13.7. The number of amides is 1. The lowest BCUT2D eigenvalue weighted by Crippen LogP contribution is -2.49. The Bertz CT molecular complexity index is 496. The average molecular weight is 308 g/mol. The van der Waals surface area contributed by atoms with Crippen molar-refractivity contribution in [1.82, 2.24) is 19.4 Å². The van der Waals surface area contributed by atoms with Crippen LogP contribution in [0.2, 0.25) is 0 Å². The Morgan fingerprint density at radius 1 is 1.24 bits per heavy atom. The van der Waals surface area contributed by atoms with E-state index in [-0.39, 0.29) is 5.91 Å². The van der Waals surface area contributed by atoms with Gasteiger partial charge in [0.15, 0.2) is 0 Å². The Kier molecular flexibility index (Phi) is 4.54. The molecule has 0 radical (unpaired) electrons. The van der Waals surface area contributed by atoms with E-state index in [1.165, 1.54) is 37.5 Å². The van der Waals surface area contributed by atoms with E-state index in [1.54, 1.807) is 0 Å². The zero-order chi connectivity index (χ0) is 14.8. The molecule has 0 aliphatic carbocycles. The van der Waals surface area contributed by atoms with E-state index in [4.69, 9.17) is 0 Å². The number of carbonyl (C=O) groups is 1. The van der Waals surface area contributed by atoms with Gasteiger partial charge in [-0.3, -0.25) is 9.69 Å². The van der Waals surface area contributed by atoms with Crippen molar-refractivity contribution < 1.29 is 4.79 Å². The van der Waals surface area contributed by atoms with Gasteiger partial charge in [0.1, 0.15) is 4.88 Å². The van der Waals surface area contributed by atoms with E-state index in [0.29, 0.717) is 10.9 Å². The highest BCUT2D eigenvalue weighted by atomic mass is 32.1. The van der Waals surface area contributed by atoms with Crippen LogP contribution < -0.4 is 0 Å². The van der Waals surface area contributed by atoms with Crippen molar-refractivity contribution in [2.24, 2.45) is 5.92 Å². The fraction of sp³-hybridized carbons (Fsp3) is 0.800. The first kappa shape index (κ1) is 14.9. The first-order valence-corrected chi connectivity index (χ1v) is 8.74. The van der Waals surface area contributed by atoms with Crippen molar-refractivity contribution in [1.29, 1.82) is 0 Å². The molecule has 6 heteroatoms. The van der Waals surface area contributed by atoms with Gasteiger partial charge < -0.3 is 4.90 Å². The van der Waals surface area contributed by atoms with Gasteiger partial charge in [-0.2, -0.15) is 0 Å². The summed E-state index contributed by atoms with van der Waals surface area (Å²) in [4.78, 5) is 17.8. The molecule has 21 heavy (non-hydrogen) atoms. The second-order valence-corrected chi connectivity index (χ2v) is 7.21. The lowest BCUT2D eigenvalue weighted by Gasteiger charge is -2.41. The molecule has 3 heterocycles. The summed E-state index contributed by atoms with van der Waals surface area (Å²) in [6.07, 6.45) is 4.89. The van der Waals surface area contributed by atoms with Gasteiger partial charge in [0.25, 0.3) is 5.91 Å². The number of piperidine rings is 2. The Morgan fingerprint density at radius 2 is 2.00 bits per heavy atom. The second kappa shape index (κ2) is 6.40. The van der Waals surface area contributed by atoms with Crippen molar-refractivity contribution in [3.8, 4) is 0 Å². The summed E-state index contributed by atoms with van der Waals surface area (Å²) in [7, 11) is 0. The Balaban J connectivity index is 1.55. The van der Waals surface area contributed by atoms with Crippen LogP contribution in [0.15, 0.2) is 0 Å². The quantitative estimate of drug-likeness (QED) is 0.840. The molecule has 0 bridgehead atoms. The number of hydrogen-bond acceptors (Lipinski definition) is 5. The first-order valence-electron chi connectivity index (χ1n) is 7.97. The third kappa shape index (κ3) is 3.26. The zero-order valence-electron chi connectivity index (χ0n) is 12.9. The van der Waals surface area contributed by atoms with Crippen LogP contribution in [0, 0.1) is 12.8 Å². The van der Waals surface area contributed by atoms with Crippen LogP contribution in [-0.2, 0) is 0 Å². The molecule has 1 atom stereocenters. The molecule has 1 aromatic rings. The molecule has 116 valence electrons. The van der Waals surface area contributed by atoms with Crippen molar-refractivity contribution in [2.75, 3.05) is 26.2 Å². The fourth-order valence-corrected chi connectivity index (χ4v) is 4.19. The van der Waals surface area contributed by atoms with E-state index < -0.39 is 0 Å². The highest BCUT2D eigenvalue weighted by Gasteiger charge is 2.30. The smallest absolute Gasteiger partial charge is 0.267 e. The molecule has 1 aromatic heterocycles. The monoisotopic (exact) mass is 308 g/mol. The van der Waals surface area contributed by atoms with Gasteiger partial charge in [-0.05, 0) is 56.6 Å². The SMILES string of the molecule is Cc1nnsc1C(=O)N1CCC(N2CCCC(C)C2)CC1. The van der Waals surface area contributed by atoms with E-state index >= 15 is 0 Å². The summed E-state index contributed by atoms with van der Waals surface area (Å²) in [6, 6.07) is 0.664. The summed E-state index contributed by atoms with van der Waals surface area (Å²) in [5.74, 6) is 0.942. The van der Waals surface area contributed by atoms with Gasteiger partial charge in [0.05, 0.1) is 5.69 Å². The minimum absolute atomic E-state index is 0.118. The molecule has 2 saturated heterocycles. The molecule has 3 rings (SSSR count). The minimum atomic E-state index is 0.118. The normalized spacial score (nSPS) is 25.2. The lowest BCUT2D eigenvalue weighted by atomic mass is 9.95. The highest BCUT2D eigenvalue weighted by molar-refractivity contribution is 7.07. The number of likely N-dealkylation sites (tertiary alicyclic amines) is 2. The van der Waals surface area contributed by atoms with Crippen LogP contribution in [0.4, 0.5) is 0 Å². The van der Waals surface area contributed by atoms with Crippen molar-refractivity contribution in [3.63, 3.8) is 0 Å². The third-order valence-corrected chi connectivity index (χ3v) is 5.62. The summed E-state index contributed by atoms with van der Waals surface area (Å²) >= 11 is 1.22. The van der Waals surface area contributed by atoms with Crippen LogP contribution in [-0.4, -0.2) is 57.5 Å². The third-order valence-electron chi connectivity index (χ3n) is 4.80. The number of aromatic nitrogens is 2. The van der Waals surface area contributed by atoms with Crippen LogP contribution in [0.25, 0.3) is 0 Å². The number of carbonyl (C=O) groups excluding carboxylic acids is 1. The summed E-state index contributed by atoms with van der Waals surface area (Å²) < 4.78 is 3.87. The molecule has 5 nitrogen and oxygen atoms in total. The van der Waals surface area contributed by atoms with Crippen LogP contribution >= 0.6 is 11.5 Å². The molecule has 0 aromatic carbocycles. The molecular weight excluding hydrogens is 284 g/mol. The molecular formula is C15H24N4OS. The molecule has 0 saturated carbocycles. The van der Waals surface area contributed by atoms with Gasteiger partial charge in [-0.15, -0.1) is 5.10 Å². The predicted octanol–water partition coefficient (Wildman–Crippen LogP) is 2.18. The number of rotatable bonds is 2. The molecule has 2 aliphatic rings. The van der Waals surface area contributed by atoms with Gasteiger partial charge in [-0.25, -0.2) is 0 Å². The van der Waals surface area contributed by atoms with Crippen LogP contribution in [0.3, 0.4) is 0 Å². The molecule has 2 aliphatic heterocycles. The highest BCUT2D eigenvalue weighted by Crippen LogP contribution is 2.24. The standard InChI is InChI=1S/C15H24N4OS/c1-11-4-3-7-19(10-11)13-5-8-18(9-6-13)15(20)14-12(2)16-17-21-14/h11,13H,3-10H2,1-2H3. The second-order valence-electron chi connectivity index (χ2n) is 6.45. The Hall–Kier alpha value is -1.01. The van der Waals surface area contributed by atoms with Gasteiger partial charge >= 0.3 is 0 Å². The predicted molar refractivity (Wildman–Crippen MR) is 83.5 cm³/mol. The van der Waals surface area contributed by atoms with Crippen LogP contribution in [0.1, 0.15) is 48.0 Å². The molecule has 1 amide bonds. The lowest BCUT2D eigenvalue weighted by molar-refractivity contribution is 0.0545. The van der Waals surface area contributed by atoms with Gasteiger partial charge in [-0.1, -0.05) is 11.4 Å². The summed E-state index contributed by atoms with van der Waals surface area (Å²) in [5.41, 5.74) is 0.761. The van der Waals surface area contributed by atoms with Crippen molar-refractivity contribution in [3.05, 3.63) is 10.6 Å². The maximum atomic E-state index is 12.5. The molecule has 0 N–H and O–H groups in total. The van der Waals surface area contributed by atoms with E-state index in [9.17, 15) is 4.79 Å².